The number of hydrogen-bond donors (Lipinski definition) is 2. The maximum atomic E-state index is 13.2. The molecule has 0 heterocycles. The van der Waals surface area contributed by atoms with E-state index in [0.29, 0.717) is 22.0 Å². The zero-order valence-corrected chi connectivity index (χ0v) is 20.1. The molecule has 0 fully saturated rings. The topological polar surface area (TPSA) is 75.3 Å². The van der Waals surface area contributed by atoms with Crippen LogP contribution in [0.5, 0.6) is 0 Å². The highest BCUT2D eigenvalue weighted by Gasteiger charge is 2.23. The van der Waals surface area contributed by atoms with Crippen molar-refractivity contribution in [1.29, 1.82) is 0 Å². The van der Waals surface area contributed by atoms with E-state index in [2.05, 4.69) is 23.9 Å². The van der Waals surface area contributed by atoms with E-state index in [1.807, 2.05) is 50.2 Å². The average molecular weight is 453 g/mol. The molecule has 170 valence electrons. The third-order valence-electron chi connectivity index (χ3n) is 5.66. The quantitative estimate of drug-likeness (QED) is 0.421. The highest BCUT2D eigenvalue weighted by atomic mass is 32.2. The molecule has 0 bridgehead atoms. The van der Waals surface area contributed by atoms with E-state index < -0.39 is 10.0 Å². The molecule has 0 atom stereocenters. The molecular formula is C26H32N2O3S. The van der Waals surface area contributed by atoms with Crippen LogP contribution in [0.25, 0.3) is 10.8 Å². The van der Waals surface area contributed by atoms with Gasteiger partial charge in [-0.1, -0.05) is 68.7 Å². The number of aryl methyl sites for hydroxylation is 2. The van der Waals surface area contributed by atoms with Gasteiger partial charge in [0.15, 0.2) is 0 Å². The van der Waals surface area contributed by atoms with Gasteiger partial charge in [0.1, 0.15) is 0 Å². The molecule has 0 aliphatic heterocycles. The lowest BCUT2D eigenvalue weighted by Crippen LogP contribution is -2.34. The fourth-order valence-corrected chi connectivity index (χ4v) is 5.54. The number of benzene rings is 3. The number of nitrogens with one attached hydrogen (secondary N) is 2. The Morgan fingerprint density at radius 1 is 0.906 bits per heavy atom. The molecule has 0 radical (unpaired) electrons. The van der Waals surface area contributed by atoms with Crippen LogP contribution in [0.3, 0.4) is 0 Å². The molecule has 3 aromatic rings. The zero-order chi connectivity index (χ0) is 23.3. The first-order valence-electron chi connectivity index (χ1n) is 11.2. The van der Waals surface area contributed by atoms with Gasteiger partial charge in [0.2, 0.25) is 10.0 Å². The molecule has 0 spiro atoms. The van der Waals surface area contributed by atoms with Crippen LogP contribution in [0.2, 0.25) is 0 Å². The summed E-state index contributed by atoms with van der Waals surface area (Å²) in [6.07, 6.45) is 3.43. The third-order valence-corrected chi connectivity index (χ3v) is 7.23. The lowest BCUT2D eigenvalue weighted by atomic mass is 10.0. The van der Waals surface area contributed by atoms with E-state index in [4.69, 9.17) is 0 Å². The summed E-state index contributed by atoms with van der Waals surface area (Å²) in [6, 6.07) is 16.2. The molecule has 0 unspecified atom stereocenters. The largest absolute Gasteiger partial charge is 0.321 e. The number of fused-ring (bicyclic) bond motifs is 1. The minimum atomic E-state index is -3.70. The van der Waals surface area contributed by atoms with Crippen LogP contribution < -0.4 is 10.0 Å². The normalized spacial score (nSPS) is 11.8. The van der Waals surface area contributed by atoms with E-state index in [-0.39, 0.29) is 16.8 Å². The predicted molar refractivity (Wildman–Crippen MR) is 132 cm³/mol. The van der Waals surface area contributed by atoms with E-state index in [1.54, 1.807) is 18.2 Å². The average Bonchev–Trinajstić information content (AvgIpc) is 2.75. The Morgan fingerprint density at radius 2 is 1.56 bits per heavy atom. The number of rotatable bonds is 9. The molecule has 1 amide bonds. The van der Waals surface area contributed by atoms with Crippen LogP contribution in [0.1, 0.15) is 61.0 Å². The Hall–Kier alpha value is -2.70. The molecule has 0 saturated heterocycles. The van der Waals surface area contributed by atoms with E-state index in [1.165, 1.54) is 0 Å². The Bertz CT molecular complexity index is 1210. The van der Waals surface area contributed by atoms with Crippen LogP contribution in [0.15, 0.2) is 59.5 Å². The van der Waals surface area contributed by atoms with Gasteiger partial charge in [0.05, 0.1) is 4.90 Å². The molecule has 5 nitrogen and oxygen atoms in total. The molecule has 0 aliphatic carbocycles. The van der Waals surface area contributed by atoms with Crippen LogP contribution in [0, 0.1) is 13.8 Å². The lowest BCUT2D eigenvalue weighted by molar-refractivity contribution is 0.102. The van der Waals surface area contributed by atoms with Gasteiger partial charge in [-0.3, -0.25) is 4.79 Å². The molecule has 0 aromatic heterocycles. The number of carbonyl (C=O) groups is 1. The Labute approximate surface area is 191 Å². The fraction of sp³-hybridized carbons (Fsp3) is 0.346. The molecule has 0 saturated carbocycles. The second-order valence-corrected chi connectivity index (χ2v) is 10.0. The lowest BCUT2D eigenvalue weighted by Gasteiger charge is -2.19. The summed E-state index contributed by atoms with van der Waals surface area (Å²) in [5.74, 6) is -0.212. The van der Waals surface area contributed by atoms with Crippen molar-refractivity contribution in [2.24, 2.45) is 0 Å². The van der Waals surface area contributed by atoms with Crippen molar-refractivity contribution in [3.8, 4) is 0 Å². The minimum absolute atomic E-state index is 0.0857. The molecule has 0 aliphatic rings. The number of hydrogen-bond acceptors (Lipinski definition) is 3. The van der Waals surface area contributed by atoms with Gasteiger partial charge < -0.3 is 5.32 Å². The Morgan fingerprint density at radius 3 is 2.22 bits per heavy atom. The highest BCUT2D eigenvalue weighted by Crippen LogP contribution is 2.30. The van der Waals surface area contributed by atoms with Crippen molar-refractivity contribution < 1.29 is 13.2 Å². The van der Waals surface area contributed by atoms with Gasteiger partial charge in [0, 0.05) is 28.1 Å². The van der Waals surface area contributed by atoms with Crippen molar-refractivity contribution >= 4 is 32.4 Å². The first-order chi connectivity index (χ1) is 15.3. The molecule has 3 aromatic carbocycles. The summed E-state index contributed by atoms with van der Waals surface area (Å²) in [5, 5.41) is 4.25. The number of amides is 1. The van der Waals surface area contributed by atoms with Crippen LogP contribution >= 0.6 is 0 Å². The summed E-state index contributed by atoms with van der Waals surface area (Å²) in [7, 11) is -3.70. The molecular weight excluding hydrogens is 420 g/mol. The van der Waals surface area contributed by atoms with Crippen molar-refractivity contribution in [2.75, 3.05) is 5.32 Å². The monoisotopic (exact) mass is 452 g/mol. The van der Waals surface area contributed by atoms with Gasteiger partial charge in [0.25, 0.3) is 5.91 Å². The van der Waals surface area contributed by atoms with E-state index in [9.17, 15) is 13.2 Å². The van der Waals surface area contributed by atoms with Crippen LogP contribution in [0.4, 0.5) is 5.69 Å². The van der Waals surface area contributed by atoms with Crippen LogP contribution in [-0.2, 0) is 10.0 Å². The van der Waals surface area contributed by atoms with Crippen molar-refractivity contribution in [2.45, 2.75) is 64.3 Å². The summed E-state index contributed by atoms with van der Waals surface area (Å²) in [6.45, 7) is 7.96. The van der Waals surface area contributed by atoms with Gasteiger partial charge in [-0.25, -0.2) is 13.1 Å². The van der Waals surface area contributed by atoms with Crippen LogP contribution in [-0.4, -0.2) is 20.4 Å². The number of anilines is 1. The van der Waals surface area contributed by atoms with Gasteiger partial charge in [-0.05, 0) is 50.5 Å². The highest BCUT2D eigenvalue weighted by molar-refractivity contribution is 7.89. The Kier molecular flexibility index (Phi) is 7.69. The summed E-state index contributed by atoms with van der Waals surface area (Å²) >= 11 is 0. The van der Waals surface area contributed by atoms with Crippen molar-refractivity contribution in [3.05, 3.63) is 71.3 Å². The van der Waals surface area contributed by atoms with Gasteiger partial charge in [-0.2, -0.15) is 0 Å². The first-order valence-corrected chi connectivity index (χ1v) is 12.7. The fourth-order valence-electron chi connectivity index (χ4n) is 4.03. The van der Waals surface area contributed by atoms with Gasteiger partial charge >= 0.3 is 0 Å². The van der Waals surface area contributed by atoms with E-state index >= 15 is 0 Å². The van der Waals surface area contributed by atoms with E-state index in [0.717, 1.165) is 36.8 Å². The smallest absolute Gasteiger partial charge is 0.255 e. The number of carbonyl (C=O) groups excluding carboxylic acids is 1. The first kappa shape index (κ1) is 24.0. The van der Waals surface area contributed by atoms with Crippen molar-refractivity contribution in [1.82, 2.24) is 4.72 Å². The molecule has 2 N–H and O–H groups in total. The predicted octanol–water partition coefficient (Wildman–Crippen LogP) is 5.96. The van der Waals surface area contributed by atoms with Gasteiger partial charge in [-0.15, -0.1) is 0 Å². The molecule has 32 heavy (non-hydrogen) atoms. The second kappa shape index (κ2) is 10.3. The molecule has 6 heteroatoms. The summed E-state index contributed by atoms with van der Waals surface area (Å²) < 4.78 is 29.4. The Balaban J connectivity index is 1.98. The molecule has 3 rings (SSSR count). The van der Waals surface area contributed by atoms with Crippen molar-refractivity contribution in [3.63, 3.8) is 0 Å². The summed E-state index contributed by atoms with van der Waals surface area (Å²) in [5.41, 5.74) is 3.09. The summed E-state index contributed by atoms with van der Waals surface area (Å²) in [4.78, 5) is 13.2. The standard InChI is InChI=1S/C26H32N2O3S/c1-5-9-20(10-6-2)28-32(30,31)25-16-15-24(21-11-7-8-12-22(21)25)27-26(29)23-17-18(3)13-14-19(23)4/h7-8,11-17,20,28H,5-6,9-10H2,1-4H3,(H,27,29). The maximum Gasteiger partial charge on any atom is 0.255 e. The third kappa shape index (κ3) is 5.37. The zero-order valence-electron chi connectivity index (χ0n) is 19.2. The number of sulfonamides is 1. The maximum absolute atomic E-state index is 13.2. The minimum Gasteiger partial charge on any atom is -0.321 e. The SMILES string of the molecule is CCCC(CCC)NS(=O)(=O)c1ccc(NC(=O)c2cc(C)ccc2C)c2ccccc12. The second-order valence-electron chi connectivity index (χ2n) is 8.32.